The highest BCUT2D eigenvalue weighted by Gasteiger charge is 2.42. The second-order valence-electron chi connectivity index (χ2n) is 6.16. The van der Waals surface area contributed by atoms with Gasteiger partial charge in [0.25, 0.3) is 0 Å². The Labute approximate surface area is 148 Å². The van der Waals surface area contributed by atoms with Crippen LogP contribution < -0.4 is 0 Å². The molecule has 2 aromatic rings. The van der Waals surface area contributed by atoms with E-state index < -0.39 is 35.5 Å². The number of hydrogen-bond acceptors (Lipinski definition) is 3. The second-order valence-corrected chi connectivity index (χ2v) is 6.16. The Morgan fingerprint density at radius 2 is 1.85 bits per heavy atom. The third-order valence-corrected chi connectivity index (χ3v) is 4.46. The van der Waals surface area contributed by atoms with E-state index in [0.29, 0.717) is 0 Å². The Bertz CT molecular complexity index is 812. The van der Waals surface area contributed by atoms with Gasteiger partial charge < -0.3 is 14.7 Å². The van der Waals surface area contributed by atoms with Crippen LogP contribution in [0.1, 0.15) is 17.0 Å². The van der Waals surface area contributed by atoms with Gasteiger partial charge in [-0.3, -0.25) is 4.79 Å². The first-order valence-electron chi connectivity index (χ1n) is 8.09. The molecule has 136 valence electrons. The van der Waals surface area contributed by atoms with E-state index in [2.05, 4.69) is 0 Å². The Kier molecular flexibility index (Phi) is 5.16. The zero-order chi connectivity index (χ0) is 18.7. The quantitative estimate of drug-likeness (QED) is 0.906. The van der Waals surface area contributed by atoms with Crippen LogP contribution in [0.15, 0.2) is 48.5 Å². The Morgan fingerprint density at radius 1 is 1.12 bits per heavy atom. The normalized spacial score (nSPS) is 19.4. The average Bonchev–Trinajstić information content (AvgIpc) is 3.08. The van der Waals surface area contributed by atoms with Gasteiger partial charge in [-0.1, -0.05) is 30.3 Å². The first kappa shape index (κ1) is 17.8. The molecule has 1 fully saturated rings. The first-order chi connectivity index (χ1) is 12.5. The van der Waals surface area contributed by atoms with E-state index in [0.717, 1.165) is 23.8 Å². The fourth-order valence-corrected chi connectivity index (χ4v) is 3.13. The van der Waals surface area contributed by atoms with Crippen molar-refractivity contribution >= 4 is 12.1 Å². The van der Waals surface area contributed by atoms with Crippen molar-refractivity contribution in [1.82, 2.24) is 4.90 Å². The maximum Gasteiger partial charge on any atom is 0.410 e. The van der Waals surface area contributed by atoms with Crippen LogP contribution in [0.4, 0.5) is 13.6 Å². The lowest BCUT2D eigenvalue weighted by atomic mass is 9.88. The zero-order valence-corrected chi connectivity index (χ0v) is 13.8. The van der Waals surface area contributed by atoms with E-state index in [4.69, 9.17) is 4.74 Å². The predicted octanol–water partition coefficient (Wildman–Crippen LogP) is 3.40. The van der Waals surface area contributed by atoms with Crippen molar-refractivity contribution in [3.05, 3.63) is 71.3 Å². The molecule has 1 saturated heterocycles. The molecule has 26 heavy (non-hydrogen) atoms. The van der Waals surface area contributed by atoms with Gasteiger partial charge in [0.1, 0.15) is 18.2 Å². The van der Waals surface area contributed by atoms with Crippen LogP contribution in [-0.4, -0.2) is 35.2 Å². The van der Waals surface area contributed by atoms with E-state index in [1.807, 2.05) is 18.2 Å². The van der Waals surface area contributed by atoms with Gasteiger partial charge in [0, 0.05) is 19.0 Å². The van der Waals surface area contributed by atoms with Crippen molar-refractivity contribution in [2.75, 3.05) is 13.1 Å². The number of likely N-dealkylation sites (tertiary alicyclic amines) is 1. The molecule has 1 heterocycles. The number of aliphatic carboxylic acids is 1. The van der Waals surface area contributed by atoms with Crippen LogP contribution in [0.3, 0.4) is 0 Å². The minimum Gasteiger partial charge on any atom is -0.481 e. The molecule has 1 aliphatic heterocycles. The summed E-state index contributed by atoms with van der Waals surface area (Å²) < 4.78 is 32.7. The number of benzene rings is 2. The summed E-state index contributed by atoms with van der Waals surface area (Å²) in [6, 6.07) is 11.9. The number of nitrogens with zero attached hydrogens (tertiary/aromatic N) is 1. The smallest absolute Gasteiger partial charge is 0.410 e. The minimum absolute atomic E-state index is 0.0456. The number of carboxylic acids is 1. The van der Waals surface area contributed by atoms with Crippen LogP contribution in [-0.2, 0) is 16.1 Å². The minimum atomic E-state index is -1.17. The van der Waals surface area contributed by atoms with Crippen molar-refractivity contribution in [2.24, 2.45) is 5.92 Å². The van der Waals surface area contributed by atoms with Crippen LogP contribution in [0.2, 0.25) is 0 Å². The number of halogens is 2. The van der Waals surface area contributed by atoms with Crippen LogP contribution in [0.25, 0.3) is 0 Å². The molecule has 1 amide bonds. The number of rotatable bonds is 4. The Balaban J connectivity index is 1.73. The molecule has 1 aliphatic rings. The summed E-state index contributed by atoms with van der Waals surface area (Å²) in [5.41, 5.74) is 0.748. The molecule has 7 heteroatoms. The van der Waals surface area contributed by atoms with Crippen molar-refractivity contribution in [1.29, 1.82) is 0 Å². The van der Waals surface area contributed by atoms with Gasteiger partial charge in [-0.2, -0.15) is 0 Å². The van der Waals surface area contributed by atoms with E-state index in [-0.39, 0.29) is 25.3 Å². The number of amides is 1. The molecule has 0 aromatic heterocycles. The summed E-state index contributed by atoms with van der Waals surface area (Å²) in [6.07, 6.45) is -0.681. The van der Waals surface area contributed by atoms with Crippen LogP contribution >= 0.6 is 0 Å². The fourth-order valence-electron chi connectivity index (χ4n) is 3.13. The molecule has 0 bridgehead atoms. The molecule has 2 atom stereocenters. The van der Waals surface area contributed by atoms with Crippen LogP contribution in [0, 0.1) is 17.6 Å². The van der Waals surface area contributed by atoms with Gasteiger partial charge in [-0.05, 0) is 29.3 Å². The summed E-state index contributed by atoms with van der Waals surface area (Å²) in [4.78, 5) is 25.0. The number of carboxylic acid groups (broad SMARTS) is 1. The standard InChI is InChI=1S/C19H17F2NO4/c20-13-6-7-17(21)14(8-13)15-9-22(10-16(15)18(23)24)19(25)26-11-12-4-2-1-3-5-12/h1-8,15-16H,9-11H2,(H,23,24). The van der Waals surface area contributed by atoms with Gasteiger partial charge in [-0.25, -0.2) is 13.6 Å². The maximum absolute atomic E-state index is 14.1. The summed E-state index contributed by atoms with van der Waals surface area (Å²) >= 11 is 0. The SMILES string of the molecule is O=C(O)C1CN(C(=O)OCc2ccccc2)CC1c1cc(F)ccc1F. The van der Waals surface area contributed by atoms with E-state index in [9.17, 15) is 23.5 Å². The summed E-state index contributed by atoms with van der Waals surface area (Å²) in [6.45, 7) is -0.124. The summed E-state index contributed by atoms with van der Waals surface area (Å²) in [5, 5.41) is 9.42. The lowest BCUT2D eigenvalue weighted by Crippen LogP contribution is -2.30. The highest BCUT2D eigenvalue weighted by molar-refractivity contribution is 5.75. The molecule has 2 unspecified atom stereocenters. The van der Waals surface area contributed by atoms with Crippen molar-refractivity contribution < 1.29 is 28.2 Å². The lowest BCUT2D eigenvalue weighted by molar-refractivity contribution is -0.141. The number of carbonyl (C=O) groups excluding carboxylic acids is 1. The predicted molar refractivity (Wildman–Crippen MR) is 88.4 cm³/mol. The highest BCUT2D eigenvalue weighted by atomic mass is 19.1. The number of hydrogen-bond donors (Lipinski definition) is 1. The molecule has 1 N–H and O–H groups in total. The monoisotopic (exact) mass is 361 g/mol. The molecular weight excluding hydrogens is 344 g/mol. The first-order valence-corrected chi connectivity index (χ1v) is 8.09. The van der Waals surface area contributed by atoms with Crippen molar-refractivity contribution in [2.45, 2.75) is 12.5 Å². The molecule has 5 nitrogen and oxygen atoms in total. The maximum atomic E-state index is 14.1. The van der Waals surface area contributed by atoms with Crippen molar-refractivity contribution in [3.63, 3.8) is 0 Å². The highest BCUT2D eigenvalue weighted by Crippen LogP contribution is 2.35. The Morgan fingerprint density at radius 3 is 2.54 bits per heavy atom. The Hall–Kier alpha value is -2.96. The molecule has 3 rings (SSSR count). The van der Waals surface area contributed by atoms with Gasteiger partial charge in [0.15, 0.2) is 0 Å². The number of ether oxygens (including phenoxy) is 1. The van der Waals surface area contributed by atoms with Gasteiger partial charge in [0.2, 0.25) is 0 Å². The average molecular weight is 361 g/mol. The largest absolute Gasteiger partial charge is 0.481 e. The third kappa shape index (κ3) is 3.82. The van der Waals surface area contributed by atoms with Crippen LogP contribution in [0.5, 0.6) is 0 Å². The summed E-state index contributed by atoms with van der Waals surface area (Å²) in [7, 11) is 0. The molecule has 0 spiro atoms. The molecule has 0 radical (unpaired) electrons. The van der Waals surface area contributed by atoms with Crippen molar-refractivity contribution in [3.8, 4) is 0 Å². The molecule has 0 saturated carbocycles. The van der Waals surface area contributed by atoms with E-state index >= 15 is 0 Å². The zero-order valence-electron chi connectivity index (χ0n) is 13.8. The molecule has 0 aliphatic carbocycles. The topological polar surface area (TPSA) is 66.8 Å². The lowest BCUT2D eigenvalue weighted by Gasteiger charge is -2.17. The van der Waals surface area contributed by atoms with E-state index in [1.54, 1.807) is 12.1 Å². The van der Waals surface area contributed by atoms with Gasteiger partial charge >= 0.3 is 12.1 Å². The van der Waals surface area contributed by atoms with Gasteiger partial charge in [0.05, 0.1) is 5.92 Å². The fraction of sp³-hybridized carbons (Fsp3) is 0.263. The molecule has 2 aromatic carbocycles. The van der Waals surface area contributed by atoms with Gasteiger partial charge in [-0.15, -0.1) is 0 Å². The number of carbonyl (C=O) groups is 2. The second kappa shape index (κ2) is 7.51. The summed E-state index contributed by atoms with van der Waals surface area (Å²) in [5.74, 6) is -4.39. The van der Waals surface area contributed by atoms with E-state index in [1.165, 1.54) is 4.90 Å². The molecular formula is C19H17F2NO4. The third-order valence-electron chi connectivity index (χ3n) is 4.46.